The lowest BCUT2D eigenvalue weighted by molar-refractivity contribution is -0.124. The summed E-state index contributed by atoms with van der Waals surface area (Å²) < 4.78 is 4.90. The van der Waals surface area contributed by atoms with Crippen molar-refractivity contribution in [3.05, 3.63) is 35.9 Å². The van der Waals surface area contributed by atoms with Crippen molar-refractivity contribution in [1.82, 2.24) is 10.2 Å². The van der Waals surface area contributed by atoms with E-state index in [9.17, 15) is 9.59 Å². The van der Waals surface area contributed by atoms with Crippen molar-refractivity contribution in [2.45, 2.75) is 6.04 Å². The molecular formula is C14H18N2O3S. The predicted molar refractivity (Wildman–Crippen MR) is 78.6 cm³/mol. The molecule has 1 N–H and O–H groups in total. The zero-order valence-electron chi connectivity index (χ0n) is 11.4. The van der Waals surface area contributed by atoms with Gasteiger partial charge in [0.25, 0.3) is 5.91 Å². The van der Waals surface area contributed by atoms with E-state index in [-0.39, 0.29) is 11.8 Å². The summed E-state index contributed by atoms with van der Waals surface area (Å²) in [5.74, 6) is 0.979. The molecule has 0 radical (unpaired) electrons. The number of ether oxygens (including phenoxy) is 1. The Morgan fingerprint density at radius 1 is 1.40 bits per heavy atom. The van der Waals surface area contributed by atoms with Crippen LogP contribution >= 0.6 is 11.8 Å². The topological polar surface area (TPSA) is 58.6 Å². The number of nitrogens with one attached hydrogen (secondary N) is 1. The number of hydrogen-bond donors (Lipinski definition) is 1. The smallest absolute Gasteiger partial charge is 0.255 e. The van der Waals surface area contributed by atoms with Crippen LogP contribution in [-0.2, 0) is 9.53 Å². The molecule has 108 valence electrons. The minimum absolute atomic E-state index is 0.0949. The highest BCUT2D eigenvalue weighted by atomic mass is 32.2. The Bertz CT molecular complexity index is 467. The second-order valence-corrected chi connectivity index (χ2v) is 5.44. The van der Waals surface area contributed by atoms with Crippen LogP contribution in [0.25, 0.3) is 0 Å². The summed E-state index contributed by atoms with van der Waals surface area (Å²) in [6, 6.07) is 8.65. The monoisotopic (exact) mass is 294 g/mol. The second-order valence-electron chi connectivity index (χ2n) is 4.44. The van der Waals surface area contributed by atoms with Crippen molar-refractivity contribution < 1.29 is 14.3 Å². The fraction of sp³-hybridized carbons (Fsp3) is 0.429. The summed E-state index contributed by atoms with van der Waals surface area (Å²) in [5.41, 5.74) is 0.615. The second kappa shape index (κ2) is 7.31. The van der Waals surface area contributed by atoms with Gasteiger partial charge < -0.3 is 15.0 Å². The fourth-order valence-electron chi connectivity index (χ4n) is 2.00. The van der Waals surface area contributed by atoms with Crippen LogP contribution in [0.5, 0.6) is 0 Å². The molecule has 6 heteroatoms. The molecule has 1 aliphatic heterocycles. The normalized spacial score (nSPS) is 18.1. The Hall–Kier alpha value is -1.53. The zero-order chi connectivity index (χ0) is 14.4. The molecule has 1 aliphatic rings. The van der Waals surface area contributed by atoms with Crippen molar-refractivity contribution in [3.63, 3.8) is 0 Å². The third-order valence-corrected chi connectivity index (χ3v) is 4.08. The number of amides is 2. The van der Waals surface area contributed by atoms with Gasteiger partial charge in [0.1, 0.15) is 6.04 Å². The molecule has 1 atom stereocenters. The van der Waals surface area contributed by atoms with Crippen LogP contribution in [0.15, 0.2) is 30.3 Å². The van der Waals surface area contributed by atoms with E-state index in [0.717, 1.165) is 0 Å². The van der Waals surface area contributed by atoms with Crippen LogP contribution in [-0.4, -0.2) is 54.6 Å². The molecule has 0 aliphatic carbocycles. The predicted octanol–water partition coefficient (Wildman–Crippen LogP) is 0.964. The number of thioether (sulfide) groups is 1. The maximum Gasteiger partial charge on any atom is 0.255 e. The lowest BCUT2D eigenvalue weighted by atomic mass is 10.1. The number of methoxy groups -OCH3 is 1. The standard InChI is InChI=1S/C14H18N2O3S/c1-19-8-7-15-13(17)12-9-20-10-16(12)14(18)11-5-3-2-4-6-11/h2-6,12H,7-10H2,1H3,(H,15,17)/t12-/m0/s1. The first-order chi connectivity index (χ1) is 9.74. The molecule has 0 saturated carbocycles. The summed E-state index contributed by atoms with van der Waals surface area (Å²) in [6.45, 7) is 0.933. The number of carbonyl (C=O) groups excluding carboxylic acids is 2. The largest absolute Gasteiger partial charge is 0.383 e. The molecule has 0 aromatic heterocycles. The van der Waals surface area contributed by atoms with Crippen molar-refractivity contribution >= 4 is 23.6 Å². The molecule has 0 spiro atoms. The van der Waals surface area contributed by atoms with Gasteiger partial charge in [-0.25, -0.2) is 0 Å². The molecule has 1 fully saturated rings. The maximum absolute atomic E-state index is 12.4. The van der Waals surface area contributed by atoms with Gasteiger partial charge in [-0.1, -0.05) is 18.2 Å². The Kier molecular flexibility index (Phi) is 5.43. The molecule has 20 heavy (non-hydrogen) atoms. The van der Waals surface area contributed by atoms with E-state index in [0.29, 0.717) is 30.3 Å². The Morgan fingerprint density at radius 3 is 2.85 bits per heavy atom. The minimum atomic E-state index is -0.399. The molecule has 1 aromatic rings. The van der Waals surface area contributed by atoms with Crippen LogP contribution in [0.3, 0.4) is 0 Å². The van der Waals surface area contributed by atoms with Gasteiger partial charge in [0.2, 0.25) is 5.91 Å². The molecule has 0 bridgehead atoms. The van der Waals surface area contributed by atoms with E-state index in [2.05, 4.69) is 5.32 Å². The Morgan fingerprint density at radius 2 is 2.15 bits per heavy atom. The van der Waals surface area contributed by atoms with Gasteiger partial charge in [0.15, 0.2) is 0 Å². The fourth-order valence-corrected chi connectivity index (χ4v) is 3.15. The molecule has 5 nitrogen and oxygen atoms in total. The Labute approximate surface area is 122 Å². The van der Waals surface area contributed by atoms with E-state index in [4.69, 9.17) is 4.74 Å². The quantitative estimate of drug-likeness (QED) is 0.822. The summed E-state index contributed by atoms with van der Waals surface area (Å²) in [5, 5.41) is 2.79. The number of nitrogens with zero attached hydrogens (tertiary/aromatic N) is 1. The molecule has 2 amide bonds. The minimum Gasteiger partial charge on any atom is -0.383 e. The lowest BCUT2D eigenvalue weighted by Crippen LogP contribution is -2.47. The van der Waals surface area contributed by atoms with E-state index in [1.165, 1.54) is 0 Å². The van der Waals surface area contributed by atoms with Crippen LogP contribution in [0, 0.1) is 0 Å². The summed E-state index contributed by atoms with van der Waals surface area (Å²) >= 11 is 1.59. The highest BCUT2D eigenvalue weighted by Gasteiger charge is 2.34. The van der Waals surface area contributed by atoms with E-state index in [1.807, 2.05) is 18.2 Å². The van der Waals surface area contributed by atoms with Crippen molar-refractivity contribution in [2.24, 2.45) is 0 Å². The average molecular weight is 294 g/mol. The number of benzene rings is 1. The van der Waals surface area contributed by atoms with Crippen molar-refractivity contribution in [2.75, 3.05) is 31.9 Å². The Balaban J connectivity index is 2.00. The van der Waals surface area contributed by atoms with Gasteiger partial charge >= 0.3 is 0 Å². The molecule has 1 aromatic carbocycles. The van der Waals surface area contributed by atoms with Crippen LogP contribution in [0.2, 0.25) is 0 Å². The molecule has 1 saturated heterocycles. The van der Waals surface area contributed by atoms with Crippen LogP contribution < -0.4 is 5.32 Å². The SMILES string of the molecule is COCCNC(=O)[C@@H]1CSCN1C(=O)c1ccccc1. The molecule has 0 unspecified atom stereocenters. The first kappa shape index (κ1) is 14.9. The average Bonchev–Trinajstić information content (AvgIpc) is 2.97. The van der Waals surface area contributed by atoms with Crippen molar-refractivity contribution in [3.8, 4) is 0 Å². The highest BCUT2D eigenvalue weighted by molar-refractivity contribution is 7.99. The molecular weight excluding hydrogens is 276 g/mol. The first-order valence-electron chi connectivity index (χ1n) is 6.44. The van der Waals surface area contributed by atoms with Gasteiger partial charge in [0, 0.05) is 25.0 Å². The maximum atomic E-state index is 12.4. The third-order valence-electron chi connectivity index (χ3n) is 3.07. The van der Waals surface area contributed by atoms with Crippen LogP contribution in [0.4, 0.5) is 0 Å². The molecule has 1 heterocycles. The van der Waals surface area contributed by atoms with Gasteiger partial charge in [0.05, 0.1) is 12.5 Å². The van der Waals surface area contributed by atoms with Gasteiger partial charge in [-0.2, -0.15) is 0 Å². The summed E-state index contributed by atoms with van der Waals surface area (Å²) in [4.78, 5) is 26.1. The first-order valence-corrected chi connectivity index (χ1v) is 7.60. The number of carbonyl (C=O) groups is 2. The highest BCUT2D eigenvalue weighted by Crippen LogP contribution is 2.23. The molecule has 2 rings (SSSR count). The van der Waals surface area contributed by atoms with Crippen LogP contribution in [0.1, 0.15) is 10.4 Å². The van der Waals surface area contributed by atoms with E-state index >= 15 is 0 Å². The van der Waals surface area contributed by atoms with Gasteiger partial charge in [-0.15, -0.1) is 11.8 Å². The number of rotatable bonds is 5. The van der Waals surface area contributed by atoms with Gasteiger partial charge in [-0.05, 0) is 12.1 Å². The lowest BCUT2D eigenvalue weighted by Gasteiger charge is -2.23. The van der Waals surface area contributed by atoms with E-state index in [1.54, 1.807) is 35.9 Å². The summed E-state index contributed by atoms with van der Waals surface area (Å²) in [6.07, 6.45) is 0. The number of hydrogen-bond acceptors (Lipinski definition) is 4. The van der Waals surface area contributed by atoms with Gasteiger partial charge in [-0.3, -0.25) is 9.59 Å². The third kappa shape index (κ3) is 3.52. The summed E-state index contributed by atoms with van der Waals surface area (Å²) in [7, 11) is 1.59. The van der Waals surface area contributed by atoms with Crippen molar-refractivity contribution in [1.29, 1.82) is 0 Å². The van der Waals surface area contributed by atoms with E-state index < -0.39 is 6.04 Å². The zero-order valence-corrected chi connectivity index (χ0v) is 12.2.